The first-order valence-electron chi connectivity index (χ1n) is 7.72. The smallest absolute Gasteiger partial charge is 0.315 e. The Bertz CT molecular complexity index is 1220. The average molecular weight is 350 g/mol. The first-order chi connectivity index (χ1) is 12.0. The summed E-state index contributed by atoms with van der Waals surface area (Å²) < 4.78 is 1.25. The quantitative estimate of drug-likeness (QED) is 0.763. The molecule has 4 rings (SSSR count). The van der Waals surface area contributed by atoms with Crippen LogP contribution in [0.3, 0.4) is 0 Å². The monoisotopic (exact) mass is 350 g/mol. The summed E-state index contributed by atoms with van der Waals surface area (Å²) in [7, 11) is 0. The van der Waals surface area contributed by atoms with Crippen molar-refractivity contribution >= 4 is 22.8 Å². The zero-order chi connectivity index (χ0) is 17.7. The lowest BCUT2D eigenvalue weighted by Gasteiger charge is -2.09. The van der Waals surface area contributed by atoms with Crippen molar-refractivity contribution in [2.75, 3.05) is 0 Å². The van der Waals surface area contributed by atoms with E-state index >= 15 is 0 Å². The predicted octanol–water partition coefficient (Wildman–Crippen LogP) is 1.58. The number of benzene rings is 2. The third kappa shape index (κ3) is 2.34. The summed E-state index contributed by atoms with van der Waals surface area (Å²) in [5, 5.41) is 11.9. The van der Waals surface area contributed by atoms with Gasteiger partial charge in [0, 0.05) is 5.22 Å². The minimum Gasteiger partial charge on any atom is -0.493 e. The van der Waals surface area contributed by atoms with Crippen molar-refractivity contribution in [3.05, 3.63) is 78.7 Å². The summed E-state index contributed by atoms with van der Waals surface area (Å²) in [6.45, 7) is 3.79. The molecule has 1 aliphatic rings. The molecule has 1 aromatic heterocycles. The van der Waals surface area contributed by atoms with Crippen LogP contribution in [0.2, 0.25) is 0 Å². The van der Waals surface area contributed by atoms with E-state index < -0.39 is 5.91 Å². The molecule has 1 aliphatic heterocycles. The van der Waals surface area contributed by atoms with Crippen LogP contribution in [-0.2, 0) is 4.79 Å². The second-order valence-electron chi connectivity index (χ2n) is 5.96. The minimum absolute atomic E-state index is 0.223. The van der Waals surface area contributed by atoms with E-state index in [1.165, 1.54) is 4.57 Å². The Labute approximate surface area is 146 Å². The van der Waals surface area contributed by atoms with Crippen molar-refractivity contribution < 1.29 is 9.90 Å². The van der Waals surface area contributed by atoms with Crippen LogP contribution in [0.1, 0.15) is 16.0 Å². The van der Waals surface area contributed by atoms with Crippen LogP contribution in [0.15, 0.2) is 52.3 Å². The summed E-state index contributed by atoms with van der Waals surface area (Å²) in [6, 6.07) is 12.8. The largest absolute Gasteiger partial charge is 0.493 e. The zero-order valence-electron chi connectivity index (χ0n) is 13.6. The second kappa shape index (κ2) is 5.53. The Morgan fingerprint density at radius 3 is 2.64 bits per heavy atom. The van der Waals surface area contributed by atoms with Gasteiger partial charge in [-0.25, -0.2) is 9.56 Å². The van der Waals surface area contributed by atoms with Crippen LogP contribution in [0.5, 0.6) is 5.88 Å². The molecule has 0 bridgehead atoms. The van der Waals surface area contributed by atoms with Gasteiger partial charge in [0.25, 0.3) is 5.91 Å². The number of aromatic nitrogens is 1. The number of nitrogens with zero attached hydrogens (tertiary/aromatic N) is 2. The van der Waals surface area contributed by atoms with E-state index in [9.17, 15) is 14.7 Å². The molecule has 0 radical (unpaired) electrons. The van der Waals surface area contributed by atoms with Crippen molar-refractivity contribution in [3.8, 4) is 11.6 Å². The molecule has 5 nitrogen and oxygen atoms in total. The Morgan fingerprint density at radius 2 is 1.84 bits per heavy atom. The van der Waals surface area contributed by atoms with Gasteiger partial charge in [0.2, 0.25) is 5.88 Å². The molecule has 0 aliphatic carbocycles. The fourth-order valence-corrected chi connectivity index (χ4v) is 3.92. The molecule has 2 aromatic carbocycles. The normalized spacial score (nSPS) is 13.0. The highest BCUT2D eigenvalue weighted by molar-refractivity contribution is 7.11. The summed E-state index contributed by atoms with van der Waals surface area (Å²) in [6.07, 6.45) is 0. The highest BCUT2D eigenvalue weighted by atomic mass is 32.1. The first-order valence-corrected chi connectivity index (χ1v) is 8.54. The molecule has 0 atom stereocenters. The third-order valence-corrected chi connectivity index (χ3v) is 5.18. The number of aryl methyl sites for hydroxylation is 2. The molecule has 124 valence electrons. The summed E-state index contributed by atoms with van der Waals surface area (Å²) in [5.74, 6) is -0.662. The molecular formula is C19H14N2O3S. The maximum atomic E-state index is 12.6. The van der Waals surface area contributed by atoms with E-state index in [1.807, 2.05) is 32.0 Å². The number of rotatable bonds is 2. The van der Waals surface area contributed by atoms with Crippen molar-refractivity contribution in [1.82, 2.24) is 4.57 Å². The number of carbonyl (C=O) groups excluding carboxylic acids is 1. The summed E-state index contributed by atoms with van der Waals surface area (Å²) in [5.41, 5.74) is 2.73. The van der Waals surface area contributed by atoms with Crippen molar-refractivity contribution in [2.45, 2.75) is 13.8 Å². The van der Waals surface area contributed by atoms with Crippen LogP contribution in [0.4, 0.5) is 0 Å². The molecule has 0 saturated heterocycles. The second-order valence-corrected chi connectivity index (χ2v) is 6.92. The Hall–Kier alpha value is -2.99. The van der Waals surface area contributed by atoms with Gasteiger partial charge < -0.3 is 5.11 Å². The van der Waals surface area contributed by atoms with Crippen molar-refractivity contribution in [3.63, 3.8) is 0 Å². The lowest BCUT2D eigenvalue weighted by atomic mass is 10.1. The van der Waals surface area contributed by atoms with E-state index in [1.54, 1.807) is 24.3 Å². The molecular weight excluding hydrogens is 336 g/mol. The van der Waals surface area contributed by atoms with E-state index in [0.29, 0.717) is 16.3 Å². The summed E-state index contributed by atoms with van der Waals surface area (Å²) >= 11 is 0.855. The molecule has 0 saturated carbocycles. The van der Waals surface area contributed by atoms with Gasteiger partial charge in [0.15, 0.2) is 0 Å². The van der Waals surface area contributed by atoms with Crippen LogP contribution < -0.4 is 15.4 Å². The minimum atomic E-state index is -0.439. The van der Waals surface area contributed by atoms with Gasteiger partial charge in [0.05, 0.1) is 16.6 Å². The van der Waals surface area contributed by atoms with Crippen LogP contribution >= 0.6 is 11.3 Å². The number of amides is 1. The number of aromatic hydroxyl groups is 1. The molecule has 0 fully saturated rings. The Kier molecular flexibility index (Phi) is 3.43. The number of hydrogen-bond acceptors (Lipinski definition) is 4. The number of para-hydroxylation sites is 1. The standard InChI is InChI=1S/C19H14N2O3S/c1-10-7-8-11(2)14(9-10)21-18(23)16(25-19(21)24)15-12-5-3-4-6-13(12)20-17(15)22/h3-9,23H,1-2H3. The van der Waals surface area contributed by atoms with Gasteiger partial charge in [-0.3, -0.25) is 9.59 Å². The van der Waals surface area contributed by atoms with E-state index in [2.05, 4.69) is 4.99 Å². The number of fused-ring (bicyclic) bond motifs is 1. The number of thiazole rings is 1. The highest BCUT2D eigenvalue weighted by Crippen LogP contribution is 2.31. The lowest BCUT2D eigenvalue weighted by molar-refractivity contribution is -0.112. The highest BCUT2D eigenvalue weighted by Gasteiger charge is 2.26. The molecule has 0 spiro atoms. The van der Waals surface area contributed by atoms with Crippen LogP contribution in [0, 0.1) is 13.8 Å². The molecule has 3 aromatic rings. The fraction of sp³-hybridized carbons (Fsp3) is 0.105. The lowest BCUT2D eigenvalue weighted by Crippen LogP contribution is -2.22. The van der Waals surface area contributed by atoms with Gasteiger partial charge in [-0.2, -0.15) is 0 Å². The summed E-state index contributed by atoms with van der Waals surface area (Å²) in [4.78, 5) is 28.8. The van der Waals surface area contributed by atoms with Crippen LogP contribution in [0.25, 0.3) is 11.3 Å². The number of carbonyl (C=O) groups is 1. The fourth-order valence-electron chi connectivity index (χ4n) is 2.98. The number of hydrogen-bond donors (Lipinski definition) is 1. The van der Waals surface area contributed by atoms with Gasteiger partial charge >= 0.3 is 4.87 Å². The van der Waals surface area contributed by atoms with Gasteiger partial charge in [0.1, 0.15) is 4.88 Å². The van der Waals surface area contributed by atoms with Crippen molar-refractivity contribution in [2.24, 2.45) is 4.99 Å². The van der Waals surface area contributed by atoms with Crippen LogP contribution in [-0.4, -0.2) is 15.6 Å². The third-order valence-electron chi connectivity index (χ3n) is 4.23. The zero-order valence-corrected chi connectivity index (χ0v) is 14.4. The van der Waals surface area contributed by atoms with Crippen molar-refractivity contribution in [1.29, 1.82) is 0 Å². The van der Waals surface area contributed by atoms with Gasteiger partial charge in [-0.05, 0) is 37.1 Å². The first kappa shape index (κ1) is 15.5. The van der Waals surface area contributed by atoms with Gasteiger partial charge in [-0.15, -0.1) is 0 Å². The maximum absolute atomic E-state index is 12.6. The molecule has 6 heteroatoms. The SMILES string of the molecule is Cc1ccc(C)c(-n2c(O)c(C3=c4ccccc4=NC3=O)sc2=O)c1. The van der Waals surface area contributed by atoms with E-state index in [-0.39, 0.29) is 21.2 Å². The molecule has 2 heterocycles. The maximum Gasteiger partial charge on any atom is 0.315 e. The Morgan fingerprint density at radius 1 is 1.08 bits per heavy atom. The molecule has 1 N–H and O–H groups in total. The van der Waals surface area contributed by atoms with E-state index in [0.717, 1.165) is 22.5 Å². The molecule has 25 heavy (non-hydrogen) atoms. The average Bonchev–Trinajstić information content (AvgIpc) is 3.05. The molecule has 1 amide bonds. The predicted molar refractivity (Wildman–Crippen MR) is 95.8 cm³/mol. The topological polar surface area (TPSA) is 71.7 Å². The van der Waals surface area contributed by atoms with E-state index in [4.69, 9.17) is 0 Å². The molecule has 0 unspecified atom stereocenters. The Balaban J connectivity index is 2.03. The van der Waals surface area contributed by atoms with Gasteiger partial charge in [-0.1, -0.05) is 41.7 Å².